The summed E-state index contributed by atoms with van der Waals surface area (Å²) in [6.45, 7) is 4.90. The zero-order chi connectivity index (χ0) is 7.98. The number of hydroxylamine groups is 2. The SMILES string of the molecule is CCNCC(=O)N(O)CC. The number of hydrogen-bond acceptors (Lipinski definition) is 3. The highest BCUT2D eigenvalue weighted by Crippen LogP contribution is 1.79. The Morgan fingerprint density at radius 1 is 1.60 bits per heavy atom. The number of nitrogens with zero attached hydrogens (tertiary/aromatic N) is 1. The maximum absolute atomic E-state index is 10.7. The quantitative estimate of drug-likeness (QED) is 0.428. The molecule has 0 bridgehead atoms. The molecule has 60 valence electrons. The van der Waals surface area contributed by atoms with E-state index < -0.39 is 0 Å². The third-order valence-corrected chi connectivity index (χ3v) is 1.11. The van der Waals surface area contributed by atoms with Crippen LogP contribution in [0.5, 0.6) is 0 Å². The first-order valence-corrected chi connectivity index (χ1v) is 3.42. The van der Waals surface area contributed by atoms with Crippen molar-refractivity contribution in [2.45, 2.75) is 13.8 Å². The lowest BCUT2D eigenvalue weighted by Gasteiger charge is -2.11. The van der Waals surface area contributed by atoms with Crippen molar-refractivity contribution < 1.29 is 10.0 Å². The minimum atomic E-state index is -0.288. The van der Waals surface area contributed by atoms with Gasteiger partial charge in [0.05, 0.1) is 6.54 Å². The predicted molar refractivity (Wildman–Crippen MR) is 37.7 cm³/mol. The van der Waals surface area contributed by atoms with Gasteiger partial charge in [-0.05, 0) is 13.5 Å². The van der Waals surface area contributed by atoms with E-state index >= 15 is 0 Å². The highest BCUT2D eigenvalue weighted by atomic mass is 16.5. The van der Waals surface area contributed by atoms with Crippen LogP contribution in [0.1, 0.15) is 13.8 Å². The van der Waals surface area contributed by atoms with Crippen molar-refractivity contribution in [3.8, 4) is 0 Å². The summed E-state index contributed by atoms with van der Waals surface area (Å²) in [4.78, 5) is 10.7. The molecule has 0 saturated carbocycles. The molecule has 4 nitrogen and oxygen atoms in total. The van der Waals surface area contributed by atoms with Gasteiger partial charge in [0.15, 0.2) is 0 Å². The molecule has 0 fully saturated rings. The zero-order valence-electron chi connectivity index (χ0n) is 6.42. The summed E-state index contributed by atoms with van der Waals surface area (Å²) in [5.74, 6) is -0.288. The summed E-state index contributed by atoms with van der Waals surface area (Å²) in [5, 5.41) is 12.3. The largest absolute Gasteiger partial charge is 0.309 e. The van der Waals surface area contributed by atoms with Gasteiger partial charge in [-0.15, -0.1) is 0 Å². The molecular formula is C6H14N2O2. The van der Waals surface area contributed by atoms with E-state index in [0.29, 0.717) is 11.6 Å². The van der Waals surface area contributed by atoms with Crippen molar-refractivity contribution in [3.05, 3.63) is 0 Å². The normalized spacial score (nSPS) is 9.50. The minimum Gasteiger partial charge on any atom is -0.309 e. The molecule has 0 unspecified atom stereocenters. The zero-order valence-corrected chi connectivity index (χ0v) is 6.42. The molecule has 2 N–H and O–H groups in total. The number of amides is 1. The van der Waals surface area contributed by atoms with Crippen LogP contribution in [0.2, 0.25) is 0 Å². The summed E-state index contributed by atoms with van der Waals surface area (Å²) in [6.07, 6.45) is 0. The van der Waals surface area contributed by atoms with Crippen LogP contribution >= 0.6 is 0 Å². The van der Waals surface area contributed by atoms with E-state index in [2.05, 4.69) is 5.32 Å². The van der Waals surface area contributed by atoms with Gasteiger partial charge in [-0.3, -0.25) is 10.0 Å². The summed E-state index contributed by atoms with van der Waals surface area (Å²) >= 11 is 0. The third-order valence-electron chi connectivity index (χ3n) is 1.11. The molecule has 0 aromatic heterocycles. The second-order valence-corrected chi connectivity index (χ2v) is 1.89. The second kappa shape index (κ2) is 5.20. The molecule has 0 spiro atoms. The average molecular weight is 146 g/mol. The Kier molecular flexibility index (Phi) is 4.88. The van der Waals surface area contributed by atoms with Crippen molar-refractivity contribution in [3.63, 3.8) is 0 Å². The average Bonchev–Trinajstić information content (AvgIpc) is 1.98. The Morgan fingerprint density at radius 3 is 2.60 bits per heavy atom. The Bertz CT molecular complexity index is 106. The second-order valence-electron chi connectivity index (χ2n) is 1.89. The standard InChI is InChI=1S/C6H14N2O2/c1-3-7-5-6(9)8(10)4-2/h7,10H,3-5H2,1-2H3. The van der Waals surface area contributed by atoms with Gasteiger partial charge < -0.3 is 5.32 Å². The first kappa shape index (κ1) is 9.39. The molecule has 0 rings (SSSR count). The van der Waals surface area contributed by atoms with Crippen LogP contribution in [0.25, 0.3) is 0 Å². The molecule has 0 atom stereocenters. The molecule has 0 heterocycles. The summed E-state index contributed by atoms with van der Waals surface area (Å²) in [7, 11) is 0. The van der Waals surface area contributed by atoms with Crippen LogP contribution in [0, 0.1) is 0 Å². The first-order valence-electron chi connectivity index (χ1n) is 3.42. The van der Waals surface area contributed by atoms with E-state index in [-0.39, 0.29) is 12.5 Å². The first-order chi connectivity index (χ1) is 4.72. The Hall–Kier alpha value is -0.610. The van der Waals surface area contributed by atoms with Crippen LogP contribution in [-0.4, -0.2) is 35.8 Å². The molecule has 0 aliphatic heterocycles. The Morgan fingerprint density at radius 2 is 2.20 bits per heavy atom. The van der Waals surface area contributed by atoms with Gasteiger partial charge in [0.25, 0.3) is 5.91 Å². The smallest absolute Gasteiger partial charge is 0.259 e. The van der Waals surface area contributed by atoms with Gasteiger partial charge in [-0.25, -0.2) is 5.06 Å². The van der Waals surface area contributed by atoms with Crippen LogP contribution in [0.4, 0.5) is 0 Å². The van der Waals surface area contributed by atoms with Crippen molar-refractivity contribution in [2.75, 3.05) is 19.6 Å². The lowest BCUT2D eigenvalue weighted by molar-refractivity contribution is -0.163. The summed E-state index contributed by atoms with van der Waals surface area (Å²) < 4.78 is 0. The summed E-state index contributed by atoms with van der Waals surface area (Å²) in [6, 6.07) is 0. The lowest BCUT2D eigenvalue weighted by atomic mass is 10.5. The summed E-state index contributed by atoms with van der Waals surface area (Å²) in [5.41, 5.74) is 0. The van der Waals surface area contributed by atoms with E-state index in [0.717, 1.165) is 6.54 Å². The minimum absolute atomic E-state index is 0.209. The molecule has 0 aromatic rings. The van der Waals surface area contributed by atoms with Crippen molar-refractivity contribution in [1.29, 1.82) is 0 Å². The molecule has 0 aliphatic carbocycles. The number of carbonyl (C=O) groups is 1. The van der Waals surface area contributed by atoms with Crippen LogP contribution < -0.4 is 5.32 Å². The molecule has 10 heavy (non-hydrogen) atoms. The topological polar surface area (TPSA) is 52.6 Å². The fourth-order valence-electron chi connectivity index (χ4n) is 0.500. The molecule has 0 radical (unpaired) electrons. The van der Waals surface area contributed by atoms with Gasteiger partial charge in [-0.1, -0.05) is 6.92 Å². The molecule has 0 aromatic carbocycles. The fourth-order valence-corrected chi connectivity index (χ4v) is 0.500. The van der Waals surface area contributed by atoms with Gasteiger partial charge in [0, 0.05) is 6.54 Å². The van der Waals surface area contributed by atoms with E-state index in [1.807, 2.05) is 6.92 Å². The Balaban J connectivity index is 3.42. The van der Waals surface area contributed by atoms with Crippen molar-refractivity contribution >= 4 is 5.91 Å². The van der Waals surface area contributed by atoms with E-state index in [1.54, 1.807) is 6.92 Å². The highest BCUT2D eigenvalue weighted by molar-refractivity contribution is 5.76. The number of rotatable bonds is 4. The predicted octanol–water partition coefficient (Wildman–Crippen LogP) is -0.166. The van der Waals surface area contributed by atoms with Crippen LogP contribution in [0.3, 0.4) is 0 Å². The van der Waals surface area contributed by atoms with Crippen LogP contribution in [0.15, 0.2) is 0 Å². The van der Waals surface area contributed by atoms with Gasteiger partial charge in [-0.2, -0.15) is 0 Å². The molecular weight excluding hydrogens is 132 g/mol. The third kappa shape index (κ3) is 3.42. The number of hydrogen-bond donors (Lipinski definition) is 2. The highest BCUT2D eigenvalue weighted by Gasteiger charge is 2.05. The fraction of sp³-hybridized carbons (Fsp3) is 0.833. The van der Waals surface area contributed by atoms with Crippen molar-refractivity contribution in [1.82, 2.24) is 10.4 Å². The van der Waals surface area contributed by atoms with Crippen molar-refractivity contribution in [2.24, 2.45) is 0 Å². The lowest BCUT2D eigenvalue weighted by Crippen LogP contribution is -2.35. The molecule has 4 heteroatoms. The molecule has 1 amide bonds. The van der Waals surface area contributed by atoms with Gasteiger partial charge in [0.1, 0.15) is 0 Å². The van der Waals surface area contributed by atoms with E-state index in [9.17, 15) is 4.79 Å². The molecule has 0 saturated heterocycles. The van der Waals surface area contributed by atoms with E-state index in [4.69, 9.17) is 5.21 Å². The maximum atomic E-state index is 10.7. The number of likely N-dealkylation sites (N-methyl/N-ethyl adjacent to an activating group) is 2. The number of carbonyl (C=O) groups excluding carboxylic acids is 1. The van der Waals surface area contributed by atoms with Gasteiger partial charge in [0.2, 0.25) is 0 Å². The van der Waals surface area contributed by atoms with Gasteiger partial charge >= 0.3 is 0 Å². The molecule has 0 aliphatic rings. The maximum Gasteiger partial charge on any atom is 0.259 e. The monoisotopic (exact) mass is 146 g/mol. The van der Waals surface area contributed by atoms with E-state index in [1.165, 1.54) is 0 Å². The Labute approximate surface area is 60.8 Å². The van der Waals surface area contributed by atoms with Crippen LogP contribution in [-0.2, 0) is 4.79 Å². The number of nitrogens with one attached hydrogen (secondary N) is 1.